The fraction of sp³-hybridized carbons (Fsp3) is 0.211. The van der Waals surface area contributed by atoms with E-state index in [0.717, 1.165) is 0 Å². The summed E-state index contributed by atoms with van der Waals surface area (Å²) in [5, 5.41) is 2.13. The molecule has 0 spiro atoms. The van der Waals surface area contributed by atoms with Crippen molar-refractivity contribution in [3.8, 4) is 11.5 Å². The van der Waals surface area contributed by atoms with Crippen molar-refractivity contribution in [1.29, 1.82) is 0 Å². The fourth-order valence-electron chi connectivity index (χ4n) is 2.46. The van der Waals surface area contributed by atoms with Gasteiger partial charge in [0, 0.05) is 23.7 Å². The molecule has 0 amide bonds. The van der Waals surface area contributed by atoms with Crippen LogP contribution >= 0.6 is 22.9 Å². The zero-order valence-electron chi connectivity index (χ0n) is 15.2. The van der Waals surface area contributed by atoms with E-state index in [-0.39, 0.29) is 12.2 Å². The molecule has 0 saturated heterocycles. The number of esters is 1. The lowest BCUT2D eigenvalue weighted by molar-refractivity contribution is -0.139. The Hall–Kier alpha value is -2.84. The Morgan fingerprint density at radius 1 is 1.36 bits per heavy atom. The molecule has 0 N–H and O–H groups in total. The second-order valence-corrected chi connectivity index (χ2v) is 6.83. The number of nitrogens with zero attached hydrogens (tertiary/aromatic N) is 2. The molecule has 146 valence electrons. The molecule has 2 aromatic heterocycles. The minimum absolute atomic E-state index is 0.0968. The van der Waals surface area contributed by atoms with E-state index in [1.807, 2.05) is 6.92 Å². The summed E-state index contributed by atoms with van der Waals surface area (Å²) >= 11 is 7.52. The van der Waals surface area contributed by atoms with Gasteiger partial charge in [-0.2, -0.15) is 0 Å². The number of methoxy groups -OCH3 is 1. The molecule has 1 aromatic carbocycles. The lowest BCUT2D eigenvalue weighted by Crippen LogP contribution is -2.14. The van der Waals surface area contributed by atoms with E-state index in [4.69, 9.17) is 25.8 Å². The highest BCUT2D eigenvalue weighted by Gasteiger charge is 2.11. The Balaban J connectivity index is 1.68. The summed E-state index contributed by atoms with van der Waals surface area (Å²) in [4.78, 5) is 28.8. The van der Waals surface area contributed by atoms with Gasteiger partial charge in [0.25, 0.3) is 5.56 Å². The highest BCUT2D eigenvalue weighted by molar-refractivity contribution is 7.15. The molecular weight excluding hydrogens is 404 g/mol. The van der Waals surface area contributed by atoms with Crippen LogP contribution in [0.15, 0.2) is 40.6 Å². The number of ether oxygens (including phenoxy) is 3. The molecule has 2 heterocycles. The molecule has 28 heavy (non-hydrogen) atoms. The van der Waals surface area contributed by atoms with Gasteiger partial charge in [0.05, 0.1) is 24.4 Å². The second kappa shape index (κ2) is 8.90. The van der Waals surface area contributed by atoms with Crippen LogP contribution in [0.3, 0.4) is 0 Å². The SMILES string of the molecule is CCOc1cc(/C=C/C(=O)OCc2cc(=O)n3ccsc3n2)cc(Cl)c1OC. The average Bonchev–Trinajstić information content (AvgIpc) is 3.14. The summed E-state index contributed by atoms with van der Waals surface area (Å²) in [6, 6.07) is 4.71. The maximum Gasteiger partial charge on any atom is 0.331 e. The minimum Gasteiger partial charge on any atom is -0.491 e. The first-order chi connectivity index (χ1) is 13.5. The summed E-state index contributed by atoms with van der Waals surface area (Å²) in [5.41, 5.74) is 0.826. The summed E-state index contributed by atoms with van der Waals surface area (Å²) in [7, 11) is 1.50. The lowest BCUT2D eigenvalue weighted by atomic mass is 10.2. The minimum atomic E-state index is -0.571. The smallest absolute Gasteiger partial charge is 0.331 e. The molecule has 0 bridgehead atoms. The standard InChI is InChI=1S/C19H17ClN2O5S/c1-3-26-15-9-12(8-14(20)18(15)25-2)4-5-17(24)27-11-13-10-16(23)22-6-7-28-19(22)21-13/h4-10H,3,11H2,1-2H3/b5-4+. The first-order valence-corrected chi connectivity index (χ1v) is 9.58. The third-order valence-corrected chi connectivity index (χ3v) is 4.70. The van der Waals surface area contributed by atoms with Crippen molar-refractivity contribution in [2.45, 2.75) is 13.5 Å². The van der Waals surface area contributed by atoms with Gasteiger partial charge in [0.15, 0.2) is 16.5 Å². The van der Waals surface area contributed by atoms with E-state index >= 15 is 0 Å². The van der Waals surface area contributed by atoms with Crippen LogP contribution in [0.1, 0.15) is 18.2 Å². The summed E-state index contributed by atoms with van der Waals surface area (Å²) in [6.45, 7) is 2.20. The van der Waals surface area contributed by atoms with E-state index in [1.54, 1.807) is 29.8 Å². The zero-order valence-corrected chi connectivity index (χ0v) is 16.7. The van der Waals surface area contributed by atoms with E-state index < -0.39 is 5.97 Å². The number of fused-ring (bicyclic) bond motifs is 1. The van der Waals surface area contributed by atoms with Crippen molar-refractivity contribution in [2.24, 2.45) is 0 Å². The Bertz CT molecular complexity index is 1090. The summed E-state index contributed by atoms with van der Waals surface area (Å²) in [5.74, 6) is 0.349. The number of carbonyl (C=O) groups is 1. The van der Waals surface area contributed by atoms with Gasteiger partial charge in [-0.3, -0.25) is 9.20 Å². The zero-order chi connectivity index (χ0) is 20.1. The molecule has 9 heteroatoms. The van der Waals surface area contributed by atoms with Crippen LogP contribution in [0.5, 0.6) is 11.5 Å². The molecule has 0 radical (unpaired) electrons. The van der Waals surface area contributed by atoms with Crippen LogP contribution in [0.25, 0.3) is 11.0 Å². The third-order valence-electron chi connectivity index (χ3n) is 3.67. The van der Waals surface area contributed by atoms with E-state index in [2.05, 4.69) is 4.98 Å². The highest BCUT2D eigenvalue weighted by Crippen LogP contribution is 2.36. The van der Waals surface area contributed by atoms with Gasteiger partial charge in [-0.1, -0.05) is 11.6 Å². The number of hydrogen-bond donors (Lipinski definition) is 0. The first-order valence-electron chi connectivity index (χ1n) is 8.32. The van der Waals surface area contributed by atoms with Gasteiger partial charge in [0.2, 0.25) is 0 Å². The van der Waals surface area contributed by atoms with Crippen molar-refractivity contribution in [1.82, 2.24) is 9.38 Å². The van der Waals surface area contributed by atoms with E-state index in [9.17, 15) is 9.59 Å². The van der Waals surface area contributed by atoms with Crippen LogP contribution in [0.2, 0.25) is 5.02 Å². The second-order valence-electron chi connectivity index (χ2n) is 5.55. The van der Waals surface area contributed by atoms with Gasteiger partial charge >= 0.3 is 5.97 Å². The molecule has 0 fully saturated rings. The molecule has 0 atom stereocenters. The van der Waals surface area contributed by atoms with Crippen molar-refractivity contribution < 1.29 is 19.0 Å². The topological polar surface area (TPSA) is 79.1 Å². The van der Waals surface area contributed by atoms with Gasteiger partial charge in [-0.25, -0.2) is 9.78 Å². The Morgan fingerprint density at radius 2 is 2.18 bits per heavy atom. The van der Waals surface area contributed by atoms with Crippen molar-refractivity contribution in [3.63, 3.8) is 0 Å². The molecule has 0 aliphatic rings. The average molecular weight is 421 g/mol. The number of benzene rings is 1. The Kier molecular flexibility index (Phi) is 6.33. The van der Waals surface area contributed by atoms with Crippen molar-refractivity contribution in [2.75, 3.05) is 13.7 Å². The maximum atomic E-state index is 12.0. The van der Waals surface area contributed by atoms with Crippen molar-refractivity contribution in [3.05, 3.63) is 62.5 Å². The number of carbonyl (C=O) groups excluding carboxylic acids is 1. The van der Waals surface area contributed by atoms with Crippen LogP contribution in [0.4, 0.5) is 0 Å². The first kappa shape index (κ1) is 19.9. The fourth-order valence-corrected chi connectivity index (χ4v) is 3.50. The normalized spacial score (nSPS) is 11.1. The van der Waals surface area contributed by atoms with Gasteiger partial charge < -0.3 is 14.2 Å². The number of aromatic nitrogens is 2. The third kappa shape index (κ3) is 4.52. The van der Waals surface area contributed by atoms with Crippen molar-refractivity contribution >= 4 is 39.9 Å². The van der Waals surface area contributed by atoms with Gasteiger partial charge in [-0.15, -0.1) is 11.3 Å². The van der Waals surface area contributed by atoms with Crippen LogP contribution in [-0.4, -0.2) is 29.1 Å². The van der Waals surface area contributed by atoms with Crippen LogP contribution in [0, 0.1) is 0 Å². The summed E-state index contributed by atoms with van der Waals surface area (Å²) in [6.07, 6.45) is 4.47. The predicted octanol–water partition coefficient (Wildman–Crippen LogP) is 3.57. The van der Waals surface area contributed by atoms with Crippen LogP contribution < -0.4 is 15.0 Å². The Morgan fingerprint density at radius 3 is 2.93 bits per heavy atom. The summed E-state index contributed by atoms with van der Waals surface area (Å²) < 4.78 is 17.3. The number of hydrogen-bond acceptors (Lipinski definition) is 7. The molecule has 0 aliphatic carbocycles. The quantitative estimate of drug-likeness (QED) is 0.429. The molecule has 0 saturated carbocycles. The lowest BCUT2D eigenvalue weighted by Gasteiger charge is -2.11. The molecule has 0 aliphatic heterocycles. The molecular formula is C19H17ClN2O5S. The molecule has 3 aromatic rings. The van der Waals surface area contributed by atoms with E-state index in [0.29, 0.717) is 39.3 Å². The molecule has 0 unspecified atom stereocenters. The highest BCUT2D eigenvalue weighted by atomic mass is 35.5. The predicted molar refractivity (Wildman–Crippen MR) is 107 cm³/mol. The number of rotatable bonds is 7. The number of halogens is 1. The largest absolute Gasteiger partial charge is 0.491 e. The molecule has 7 nitrogen and oxygen atoms in total. The van der Waals surface area contributed by atoms with Gasteiger partial charge in [0.1, 0.15) is 6.61 Å². The van der Waals surface area contributed by atoms with E-state index in [1.165, 1.54) is 35.0 Å². The molecule has 3 rings (SSSR count). The van der Waals surface area contributed by atoms with Gasteiger partial charge in [-0.05, 0) is 30.7 Å². The number of thiazole rings is 1. The Labute approximate surface area is 169 Å². The maximum absolute atomic E-state index is 12.0. The van der Waals surface area contributed by atoms with Crippen LogP contribution in [-0.2, 0) is 16.1 Å². The monoisotopic (exact) mass is 420 g/mol.